The highest BCUT2D eigenvalue weighted by atomic mass is 35.5. The lowest BCUT2D eigenvalue weighted by atomic mass is 9.98. The van der Waals surface area contributed by atoms with Gasteiger partial charge in [-0.15, -0.1) is 0 Å². The van der Waals surface area contributed by atoms with E-state index >= 15 is 0 Å². The number of ether oxygens (including phenoxy) is 1. The Labute approximate surface area is 142 Å². The fourth-order valence-electron chi connectivity index (χ4n) is 2.55. The van der Waals surface area contributed by atoms with Crippen LogP contribution in [0.2, 0.25) is 5.02 Å². The van der Waals surface area contributed by atoms with E-state index in [2.05, 4.69) is 17.2 Å². The summed E-state index contributed by atoms with van der Waals surface area (Å²) in [6, 6.07) is 7.21. The zero-order valence-corrected chi connectivity index (χ0v) is 14.6. The summed E-state index contributed by atoms with van der Waals surface area (Å²) in [6.45, 7) is 6.22. The van der Waals surface area contributed by atoms with E-state index < -0.39 is 0 Å². The molecule has 4 nitrogen and oxygen atoms in total. The van der Waals surface area contributed by atoms with Crippen LogP contribution in [0.25, 0.3) is 5.70 Å². The Hall–Kier alpha value is -1.81. The molecule has 0 aromatic heterocycles. The van der Waals surface area contributed by atoms with Crippen molar-refractivity contribution in [3.63, 3.8) is 0 Å². The number of nitrogens with one attached hydrogen (secondary N) is 1. The van der Waals surface area contributed by atoms with Crippen LogP contribution >= 0.6 is 11.6 Å². The van der Waals surface area contributed by atoms with Crippen molar-refractivity contribution >= 4 is 29.1 Å². The van der Waals surface area contributed by atoms with E-state index in [9.17, 15) is 4.79 Å². The second-order valence-electron chi connectivity index (χ2n) is 5.50. The predicted octanol–water partition coefficient (Wildman–Crippen LogP) is 4.19. The molecular formula is C18H23ClN2O2. The first-order chi connectivity index (χ1) is 11.1. The molecule has 1 aliphatic heterocycles. The normalized spacial score (nSPS) is 17.6. The molecule has 0 aliphatic carbocycles. The van der Waals surface area contributed by atoms with E-state index in [4.69, 9.17) is 16.3 Å². The first kappa shape index (κ1) is 17.5. The van der Waals surface area contributed by atoms with Gasteiger partial charge in [0, 0.05) is 11.4 Å². The van der Waals surface area contributed by atoms with Gasteiger partial charge >= 0.3 is 5.97 Å². The van der Waals surface area contributed by atoms with Crippen LogP contribution in [-0.2, 0) is 9.53 Å². The van der Waals surface area contributed by atoms with Crippen LogP contribution in [0, 0.1) is 0 Å². The number of amidine groups is 1. The van der Waals surface area contributed by atoms with Crippen molar-refractivity contribution in [1.82, 2.24) is 5.32 Å². The van der Waals surface area contributed by atoms with E-state index in [1.54, 1.807) is 6.92 Å². The van der Waals surface area contributed by atoms with Gasteiger partial charge < -0.3 is 10.1 Å². The Bertz CT molecular complexity index is 620. The molecule has 5 heteroatoms. The van der Waals surface area contributed by atoms with Gasteiger partial charge in [-0.2, -0.15) is 0 Å². The van der Waals surface area contributed by atoms with Gasteiger partial charge in [-0.1, -0.05) is 37.1 Å². The van der Waals surface area contributed by atoms with E-state index in [0.29, 0.717) is 17.2 Å². The second-order valence-corrected chi connectivity index (χ2v) is 5.93. The Morgan fingerprint density at radius 2 is 2.00 bits per heavy atom. The van der Waals surface area contributed by atoms with Crippen LogP contribution in [0.3, 0.4) is 0 Å². The summed E-state index contributed by atoms with van der Waals surface area (Å²) >= 11 is 5.97. The average molecular weight is 335 g/mol. The minimum atomic E-state index is -0.323. The highest BCUT2D eigenvalue weighted by Gasteiger charge is 2.28. The van der Waals surface area contributed by atoms with E-state index in [0.717, 1.165) is 36.4 Å². The SMILES string of the molecule is CCCCC1=NC(C)C(C(=O)OCC)=C(c2ccc(Cl)cc2)N1. The molecular weight excluding hydrogens is 312 g/mol. The maximum atomic E-state index is 12.4. The van der Waals surface area contributed by atoms with Gasteiger partial charge in [-0.3, -0.25) is 4.99 Å². The Kier molecular flexibility index (Phi) is 6.22. The highest BCUT2D eigenvalue weighted by molar-refractivity contribution is 6.30. The van der Waals surface area contributed by atoms with Gasteiger partial charge in [0.25, 0.3) is 0 Å². The summed E-state index contributed by atoms with van der Waals surface area (Å²) in [4.78, 5) is 17.0. The molecule has 124 valence electrons. The van der Waals surface area contributed by atoms with Gasteiger partial charge in [-0.25, -0.2) is 4.79 Å². The molecule has 1 atom stereocenters. The van der Waals surface area contributed by atoms with Crippen LogP contribution in [0.1, 0.15) is 45.6 Å². The summed E-state index contributed by atoms with van der Waals surface area (Å²) in [5.74, 6) is 0.591. The number of rotatable bonds is 6. The van der Waals surface area contributed by atoms with E-state index in [1.807, 2.05) is 31.2 Å². The minimum absolute atomic E-state index is 0.229. The zero-order valence-electron chi connectivity index (χ0n) is 13.9. The molecule has 1 aromatic carbocycles. The standard InChI is InChI=1S/C18H23ClN2O2/c1-4-6-7-15-20-12(3)16(18(22)23-5-2)17(21-15)13-8-10-14(19)11-9-13/h8-12H,4-7H2,1-3H3,(H,20,21). The fourth-order valence-corrected chi connectivity index (χ4v) is 2.67. The lowest BCUT2D eigenvalue weighted by Gasteiger charge is -2.25. The fraction of sp³-hybridized carbons (Fsp3) is 0.444. The number of hydrogen-bond donors (Lipinski definition) is 1. The number of halogens is 1. The Morgan fingerprint density at radius 1 is 1.30 bits per heavy atom. The van der Waals surface area contributed by atoms with Gasteiger partial charge in [0.05, 0.1) is 23.9 Å². The maximum Gasteiger partial charge on any atom is 0.338 e. The molecule has 1 heterocycles. The first-order valence-electron chi connectivity index (χ1n) is 8.07. The molecule has 23 heavy (non-hydrogen) atoms. The number of unbranched alkanes of at least 4 members (excludes halogenated alkanes) is 1. The van der Waals surface area contributed by atoms with Crippen molar-refractivity contribution in [3.05, 3.63) is 40.4 Å². The van der Waals surface area contributed by atoms with Crippen molar-refractivity contribution in [2.45, 2.75) is 46.1 Å². The second kappa shape index (κ2) is 8.16. The first-order valence-corrected chi connectivity index (χ1v) is 8.45. The number of esters is 1. The van der Waals surface area contributed by atoms with Crippen LogP contribution in [0.4, 0.5) is 0 Å². The molecule has 0 fully saturated rings. The number of carbonyl (C=O) groups is 1. The van der Waals surface area contributed by atoms with Crippen LogP contribution in [0.5, 0.6) is 0 Å². The number of aliphatic imine (C=N–C) groups is 1. The number of benzene rings is 1. The third-order valence-corrected chi connectivity index (χ3v) is 3.95. The molecule has 0 radical (unpaired) electrons. The topological polar surface area (TPSA) is 50.7 Å². The van der Waals surface area contributed by atoms with Crippen molar-refractivity contribution in [1.29, 1.82) is 0 Å². The lowest BCUT2D eigenvalue weighted by molar-refractivity contribution is -0.138. The molecule has 0 bridgehead atoms. The minimum Gasteiger partial charge on any atom is -0.463 e. The number of nitrogens with zero attached hydrogens (tertiary/aromatic N) is 1. The Morgan fingerprint density at radius 3 is 2.61 bits per heavy atom. The average Bonchev–Trinajstić information content (AvgIpc) is 2.53. The van der Waals surface area contributed by atoms with Gasteiger partial charge in [-0.05, 0) is 38.0 Å². The quantitative estimate of drug-likeness (QED) is 0.793. The maximum absolute atomic E-state index is 12.4. The molecule has 1 N–H and O–H groups in total. The van der Waals surface area contributed by atoms with E-state index in [1.165, 1.54) is 0 Å². The van der Waals surface area contributed by atoms with Crippen molar-refractivity contribution in [3.8, 4) is 0 Å². The molecule has 0 spiro atoms. The monoisotopic (exact) mass is 334 g/mol. The molecule has 0 amide bonds. The molecule has 1 unspecified atom stereocenters. The molecule has 0 saturated carbocycles. The smallest absolute Gasteiger partial charge is 0.338 e. The Balaban J connectivity index is 2.40. The summed E-state index contributed by atoms with van der Waals surface area (Å²) < 4.78 is 5.21. The summed E-state index contributed by atoms with van der Waals surface area (Å²) in [5, 5.41) is 3.99. The summed E-state index contributed by atoms with van der Waals surface area (Å²) in [5.41, 5.74) is 2.25. The largest absolute Gasteiger partial charge is 0.463 e. The van der Waals surface area contributed by atoms with Gasteiger partial charge in [0.1, 0.15) is 5.84 Å². The molecule has 0 saturated heterocycles. The summed E-state index contributed by atoms with van der Waals surface area (Å²) in [6.07, 6.45) is 3.02. The van der Waals surface area contributed by atoms with Gasteiger partial charge in [0.2, 0.25) is 0 Å². The lowest BCUT2D eigenvalue weighted by Crippen LogP contribution is -2.34. The summed E-state index contributed by atoms with van der Waals surface area (Å²) in [7, 11) is 0. The third-order valence-electron chi connectivity index (χ3n) is 3.70. The molecule has 1 aliphatic rings. The van der Waals surface area contributed by atoms with Crippen molar-refractivity contribution in [2.24, 2.45) is 4.99 Å². The molecule has 2 rings (SSSR count). The van der Waals surface area contributed by atoms with Crippen LogP contribution < -0.4 is 5.32 Å². The van der Waals surface area contributed by atoms with Crippen LogP contribution in [0.15, 0.2) is 34.8 Å². The van der Waals surface area contributed by atoms with Gasteiger partial charge in [0.15, 0.2) is 0 Å². The third kappa shape index (κ3) is 4.35. The van der Waals surface area contributed by atoms with Crippen LogP contribution in [-0.4, -0.2) is 24.5 Å². The van der Waals surface area contributed by atoms with E-state index in [-0.39, 0.29) is 12.0 Å². The van der Waals surface area contributed by atoms with Crippen molar-refractivity contribution < 1.29 is 9.53 Å². The van der Waals surface area contributed by atoms with Crippen molar-refractivity contribution in [2.75, 3.05) is 6.61 Å². The number of carbonyl (C=O) groups excluding carboxylic acids is 1. The molecule has 1 aromatic rings. The predicted molar refractivity (Wildman–Crippen MR) is 94.6 cm³/mol. The zero-order chi connectivity index (χ0) is 16.8. The number of hydrogen-bond acceptors (Lipinski definition) is 4. The highest BCUT2D eigenvalue weighted by Crippen LogP contribution is 2.26.